The zero-order chi connectivity index (χ0) is 11.6. The van der Waals surface area contributed by atoms with Crippen LogP contribution in [-0.2, 0) is 0 Å². The number of fused-ring (bicyclic) bond motifs is 11. The molecule has 0 radical (unpaired) electrons. The standard InChI is InChI=1S/C15H20.C2H4/c1-2-10-11(3-1)13-7-12(10)14-8-4-5-9(6-8)15(13)14;1-2/h8-12,14H,1-7H2;1-2H2. The Hall–Kier alpha value is -0.520. The predicted molar refractivity (Wildman–Crippen MR) is 71.5 cm³/mol. The first-order valence-electron chi connectivity index (χ1n) is 7.66. The highest BCUT2D eigenvalue weighted by atomic mass is 14.6. The summed E-state index contributed by atoms with van der Waals surface area (Å²) in [5, 5.41) is 0. The Morgan fingerprint density at radius 3 is 2.71 bits per heavy atom. The van der Waals surface area contributed by atoms with Gasteiger partial charge in [0, 0.05) is 0 Å². The first kappa shape index (κ1) is 10.4. The van der Waals surface area contributed by atoms with E-state index in [0.717, 1.165) is 35.5 Å². The molecule has 0 amide bonds. The Labute approximate surface area is 105 Å². The third-order valence-corrected chi connectivity index (χ3v) is 6.63. The number of rotatable bonds is 0. The first-order chi connectivity index (χ1) is 8.43. The van der Waals surface area contributed by atoms with Gasteiger partial charge in [0.15, 0.2) is 0 Å². The topological polar surface area (TPSA) is 0 Å². The fourth-order valence-electron chi connectivity index (χ4n) is 6.42. The van der Waals surface area contributed by atoms with Crippen LogP contribution in [0, 0.1) is 35.5 Å². The van der Waals surface area contributed by atoms with Crippen molar-refractivity contribution in [2.45, 2.75) is 44.9 Å². The Bertz CT molecular complexity index is 377. The molecule has 0 aromatic heterocycles. The Kier molecular flexibility index (Phi) is 2.14. The smallest absolute Gasteiger partial charge is 0.0135 e. The summed E-state index contributed by atoms with van der Waals surface area (Å²) >= 11 is 0. The summed E-state index contributed by atoms with van der Waals surface area (Å²) in [6, 6.07) is 0. The molecule has 6 atom stereocenters. The third-order valence-electron chi connectivity index (χ3n) is 6.63. The van der Waals surface area contributed by atoms with Crippen molar-refractivity contribution in [3.63, 3.8) is 0 Å². The second-order valence-electron chi connectivity index (χ2n) is 6.85. The molecule has 0 aliphatic heterocycles. The van der Waals surface area contributed by atoms with Crippen LogP contribution in [0.5, 0.6) is 0 Å². The monoisotopic (exact) mass is 228 g/mol. The lowest BCUT2D eigenvalue weighted by Gasteiger charge is -2.34. The number of hydrogen-bond acceptors (Lipinski definition) is 0. The van der Waals surface area contributed by atoms with Gasteiger partial charge in [0.25, 0.3) is 0 Å². The molecule has 0 aromatic rings. The molecule has 0 saturated heterocycles. The zero-order valence-electron chi connectivity index (χ0n) is 10.8. The molecule has 17 heavy (non-hydrogen) atoms. The van der Waals surface area contributed by atoms with E-state index < -0.39 is 0 Å². The van der Waals surface area contributed by atoms with Crippen LogP contribution in [0.3, 0.4) is 0 Å². The minimum atomic E-state index is 1.08. The molecule has 0 heterocycles. The lowest BCUT2D eigenvalue weighted by Crippen LogP contribution is -2.27. The molecule has 0 aromatic carbocycles. The first-order valence-corrected chi connectivity index (χ1v) is 7.66. The van der Waals surface area contributed by atoms with Crippen LogP contribution in [0.4, 0.5) is 0 Å². The van der Waals surface area contributed by atoms with Gasteiger partial charge in [0.05, 0.1) is 0 Å². The highest BCUT2D eigenvalue weighted by Crippen LogP contribution is 2.69. The lowest BCUT2D eigenvalue weighted by atomic mass is 9.70. The van der Waals surface area contributed by atoms with E-state index in [9.17, 15) is 0 Å². The van der Waals surface area contributed by atoms with Gasteiger partial charge in [-0.25, -0.2) is 0 Å². The number of hydrogen-bond donors (Lipinski definition) is 0. The predicted octanol–water partition coefficient (Wildman–Crippen LogP) is 4.58. The molecule has 0 N–H and O–H groups in total. The molecule has 5 aliphatic carbocycles. The van der Waals surface area contributed by atoms with Gasteiger partial charge in [-0.1, -0.05) is 17.6 Å². The van der Waals surface area contributed by atoms with Crippen molar-refractivity contribution in [2.75, 3.05) is 0 Å². The van der Waals surface area contributed by atoms with E-state index >= 15 is 0 Å². The van der Waals surface area contributed by atoms with Gasteiger partial charge < -0.3 is 0 Å². The molecule has 4 fully saturated rings. The van der Waals surface area contributed by atoms with Gasteiger partial charge in [-0.3, -0.25) is 0 Å². The largest absolute Gasteiger partial charge is 0.106 e. The van der Waals surface area contributed by atoms with Crippen LogP contribution in [-0.4, -0.2) is 0 Å². The van der Waals surface area contributed by atoms with Gasteiger partial charge in [-0.05, 0) is 74.0 Å². The Morgan fingerprint density at radius 1 is 0.941 bits per heavy atom. The van der Waals surface area contributed by atoms with E-state index in [1.54, 1.807) is 44.9 Å². The van der Waals surface area contributed by atoms with Gasteiger partial charge in [0.1, 0.15) is 0 Å². The van der Waals surface area contributed by atoms with E-state index in [1.807, 2.05) is 5.57 Å². The quantitative estimate of drug-likeness (QED) is 0.532. The van der Waals surface area contributed by atoms with Crippen molar-refractivity contribution < 1.29 is 0 Å². The maximum absolute atomic E-state index is 3.00. The summed E-state index contributed by atoms with van der Waals surface area (Å²) in [4.78, 5) is 0. The second kappa shape index (κ2) is 3.49. The summed E-state index contributed by atoms with van der Waals surface area (Å²) in [6.45, 7) is 6.00. The highest BCUT2D eigenvalue weighted by molar-refractivity contribution is 5.40. The van der Waals surface area contributed by atoms with Gasteiger partial charge >= 0.3 is 0 Å². The molecular weight excluding hydrogens is 204 g/mol. The van der Waals surface area contributed by atoms with E-state index in [-0.39, 0.29) is 0 Å². The van der Waals surface area contributed by atoms with Crippen molar-refractivity contribution in [3.05, 3.63) is 24.3 Å². The minimum absolute atomic E-state index is 1.08. The summed E-state index contributed by atoms with van der Waals surface area (Å²) in [7, 11) is 0. The fourth-order valence-corrected chi connectivity index (χ4v) is 6.42. The molecule has 92 valence electrons. The van der Waals surface area contributed by atoms with Gasteiger partial charge in [0.2, 0.25) is 0 Å². The van der Waals surface area contributed by atoms with Crippen molar-refractivity contribution in [2.24, 2.45) is 35.5 Å². The molecule has 6 unspecified atom stereocenters. The summed E-state index contributed by atoms with van der Waals surface area (Å²) in [5.74, 6) is 6.76. The molecule has 0 spiro atoms. The van der Waals surface area contributed by atoms with Crippen molar-refractivity contribution in [1.29, 1.82) is 0 Å². The highest BCUT2D eigenvalue weighted by Gasteiger charge is 2.59. The van der Waals surface area contributed by atoms with Crippen LogP contribution >= 0.6 is 0 Å². The SMILES string of the molecule is C1CC2C3=C4C5CCC(C5)C4C(C3)C2C1.C=C. The van der Waals surface area contributed by atoms with Crippen LogP contribution in [0.2, 0.25) is 0 Å². The normalized spacial score (nSPS) is 52.5. The van der Waals surface area contributed by atoms with E-state index in [0.29, 0.717) is 0 Å². The van der Waals surface area contributed by atoms with Crippen LogP contribution in [0.1, 0.15) is 44.9 Å². The molecular formula is C17H24. The van der Waals surface area contributed by atoms with Gasteiger partial charge in [-0.2, -0.15) is 0 Å². The average molecular weight is 228 g/mol. The third kappa shape index (κ3) is 1.10. The average Bonchev–Trinajstić information content (AvgIpc) is 3.14. The molecule has 0 heteroatoms. The fraction of sp³-hybridized carbons (Fsp3) is 0.765. The summed E-state index contributed by atoms with van der Waals surface area (Å²) in [5.41, 5.74) is 4.08. The van der Waals surface area contributed by atoms with Crippen molar-refractivity contribution in [1.82, 2.24) is 0 Å². The van der Waals surface area contributed by atoms with Crippen LogP contribution in [0.25, 0.3) is 0 Å². The molecule has 0 nitrogen and oxygen atoms in total. The maximum Gasteiger partial charge on any atom is -0.0135 e. The molecule has 4 saturated carbocycles. The molecule has 4 bridgehead atoms. The van der Waals surface area contributed by atoms with Crippen LogP contribution < -0.4 is 0 Å². The van der Waals surface area contributed by atoms with E-state index in [1.165, 1.54) is 0 Å². The van der Waals surface area contributed by atoms with E-state index in [4.69, 9.17) is 0 Å². The van der Waals surface area contributed by atoms with Crippen LogP contribution in [0.15, 0.2) is 24.3 Å². The van der Waals surface area contributed by atoms with E-state index in [2.05, 4.69) is 18.7 Å². The Morgan fingerprint density at radius 2 is 1.82 bits per heavy atom. The summed E-state index contributed by atoms with van der Waals surface area (Å²) < 4.78 is 0. The van der Waals surface area contributed by atoms with Crippen molar-refractivity contribution >= 4 is 0 Å². The Balaban J connectivity index is 0.000000383. The second-order valence-corrected chi connectivity index (χ2v) is 6.85. The maximum atomic E-state index is 3.00. The lowest BCUT2D eigenvalue weighted by molar-refractivity contribution is 0.214. The van der Waals surface area contributed by atoms with Crippen molar-refractivity contribution in [3.8, 4) is 0 Å². The molecule has 5 aliphatic rings. The minimum Gasteiger partial charge on any atom is -0.106 e. The van der Waals surface area contributed by atoms with Gasteiger partial charge in [-0.15, -0.1) is 13.2 Å². The number of allylic oxidation sites excluding steroid dienone is 2. The zero-order valence-corrected chi connectivity index (χ0v) is 10.8. The molecule has 5 rings (SSSR count). The summed E-state index contributed by atoms with van der Waals surface area (Å²) in [6.07, 6.45) is 11.0.